The Labute approximate surface area is 105 Å². The second-order valence-electron chi connectivity index (χ2n) is 5.05. The van der Waals surface area contributed by atoms with E-state index in [1.807, 2.05) is 6.20 Å². The van der Waals surface area contributed by atoms with Crippen molar-refractivity contribution < 1.29 is 8.78 Å². The third-order valence-electron chi connectivity index (χ3n) is 3.87. The van der Waals surface area contributed by atoms with Crippen LogP contribution in [0.1, 0.15) is 18.9 Å². The van der Waals surface area contributed by atoms with E-state index >= 15 is 0 Å². The second kappa shape index (κ2) is 4.35. The summed E-state index contributed by atoms with van der Waals surface area (Å²) in [5.41, 5.74) is 0.795. The quantitative estimate of drug-likeness (QED) is 0.754. The van der Waals surface area contributed by atoms with Gasteiger partial charge in [0.25, 0.3) is 0 Å². The third kappa shape index (κ3) is 1.81. The molecule has 1 aliphatic rings. The third-order valence-corrected chi connectivity index (χ3v) is 3.87. The Morgan fingerprint density at radius 3 is 2.56 bits per heavy atom. The minimum absolute atomic E-state index is 0.383. The molecule has 0 bridgehead atoms. The number of benzene rings is 1. The molecule has 96 valence electrons. The topological polar surface area (TPSA) is 8.17 Å². The van der Waals surface area contributed by atoms with E-state index in [1.165, 1.54) is 6.07 Å². The molecule has 0 unspecified atom stereocenters. The first kappa shape index (κ1) is 11.7. The molecule has 4 heteroatoms. The van der Waals surface area contributed by atoms with Crippen molar-refractivity contribution in [2.24, 2.45) is 0 Å². The molecule has 18 heavy (non-hydrogen) atoms. The maximum atomic E-state index is 13.6. The lowest BCUT2D eigenvalue weighted by molar-refractivity contribution is 0.224. The van der Waals surface area contributed by atoms with E-state index in [-0.39, 0.29) is 0 Å². The number of aromatic nitrogens is 1. The largest absolute Gasteiger partial charge is 0.344 e. The van der Waals surface area contributed by atoms with Crippen LogP contribution in [0.25, 0.3) is 10.9 Å². The first-order valence-electron chi connectivity index (χ1n) is 6.30. The van der Waals surface area contributed by atoms with E-state index in [9.17, 15) is 8.78 Å². The normalized spacial score (nSPS) is 18.6. The smallest absolute Gasteiger partial charge is 0.168 e. The van der Waals surface area contributed by atoms with Crippen molar-refractivity contribution >= 4 is 10.9 Å². The van der Waals surface area contributed by atoms with Crippen LogP contribution in [0.4, 0.5) is 8.78 Å². The molecule has 0 radical (unpaired) electrons. The number of hydrogen-bond donors (Lipinski definition) is 0. The lowest BCUT2D eigenvalue weighted by atomic mass is 10.1. The predicted octanol–water partition coefficient (Wildman–Crippen LogP) is 3.19. The van der Waals surface area contributed by atoms with Gasteiger partial charge in [-0.2, -0.15) is 0 Å². The van der Waals surface area contributed by atoms with Crippen molar-refractivity contribution in [2.75, 3.05) is 20.1 Å². The zero-order valence-electron chi connectivity index (χ0n) is 10.4. The molecule has 2 heterocycles. The Morgan fingerprint density at radius 2 is 1.83 bits per heavy atom. The SMILES string of the molecule is CN1CCC(n2ccc3c(F)c(F)ccc32)CC1. The Hall–Kier alpha value is -1.42. The van der Waals surface area contributed by atoms with Gasteiger partial charge < -0.3 is 9.47 Å². The van der Waals surface area contributed by atoms with Crippen LogP contribution in [0, 0.1) is 11.6 Å². The van der Waals surface area contributed by atoms with Crippen molar-refractivity contribution in [3.05, 3.63) is 36.0 Å². The van der Waals surface area contributed by atoms with E-state index < -0.39 is 11.6 Å². The van der Waals surface area contributed by atoms with Crippen LogP contribution in [0.15, 0.2) is 24.4 Å². The maximum Gasteiger partial charge on any atom is 0.168 e. The fourth-order valence-corrected chi connectivity index (χ4v) is 2.77. The van der Waals surface area contributed by atoms with Crippen LogP contribution >= 0.6 is 0 Å². The van der Waals surface area contributed by atoms with Gasteiger partial charge in [-0.15, -0.1) is 0 Å². The Bertz CT molecular complexity index is 568. The molecule has 1 fully saturated rings. The van der Waals surface area contributed by atoms with Gasteiger partial charge in [-0.05, 0) is 51.2 Å². The molecule has 1 aromatic heterocycles. The van der Waals surface area contributed by atoms with Gasteiger partial charge in [0.1, 0.15) is 0 Å². The summed E-state index contributed by atoms with van der Waals surface area (Å²) in [7, 11) is 2.11. The Kier molecular flexibility index (Phi) is 2.82. The van der Waals surface area contributed by atoms with Crippen molar-refractivity contribution in [3.8, 4) is 0 Å². The van der Waals surface area contributed by atoms with Crippen molar-refractivity contribution in [1.82, 2.24) is 9.47 Å². The first-order valence-corrected chi connectivity index (χ1v) is 6.30. The average Bonchev–Trinajstić information content (AvgIpc) is 2.79. The van der Waals surface area contributed by atoms with Crippen LogP contribution in [0.2, 0.25) is 0 Å². The number of likely N-dealkylation sites (tertiary alicyclic amines) is 1. The van der Waals surface area contributed by atoms with Gasteiger partial charge in [0.15, 0.2) is 11.6 Å². The van der Waals surface area contributed by atoms with Crippen molar-refractivity contribution in [2.45, 2.75) is 18.9 Å². The van der Waals surface area contributed by atoms with Crippen LogP contribution in [-0.4, -0.2) is 29.6 Å². The molecular weight excluding hydrogens is 234 g/mol. The van der Waals surface area contributed by atoms with Crippen molar-refractivity contribution in [1.29, 1.82) is 0 Å². The lowest BCUT2D eigenvalue weighted by Gasteiger charge is -2.30. The van der Waals surface area contributed by atoms with E-state index in [0.29, 0.717) is 11.4 Å². The zero-order valence-corrected chi connectivity index (χ0v) is 10.4. The molecule has 1 saturated heterocycles. The molecule has 2 aromatic rings. The number of halogens is 2. The molecule has 1 aromatic carbocycles. The van der Waals surface area contributed by atoms with E-state index in [4.69, 9.17) is 0 Å². The average molecular weight is 250 g/mol. The monoisotopic (exact) mass is 250 g/mol. The zero-order chi connectivity index (χ0) is 12.7. The highest BCUT2D eigenvalue weighted by molar-refractivity contribution is 5.81. The summed E-state index contributed by atoms with van der Waals surface area (Å²) in [4.78, 5) is 2.29. The fraction of sp³-hybridized carbons (Fsp3) is 0.429. The Balaban J connectivity index is 2.00. The molecule has 0 amide bonds. The summed E-state index contributed by atoms with van der Waals surface area (Å²) in [6.45, 7) is 2.10. The van der Waals surface area contributed by atoms with Gasteiger partial charge in [0.2, 0.25) is 0 Å². The molecule has 0 N–H and O–H groups in total. The van der Waals surface area contributed by atoms with Gasteiger partial charge >= 0.3 is 0 Å². The predicted molar refractivity (Wildman–Crippen MR) is 67.6 cm³/mol. The summed E-state index contributed by atoms with van der Waals surface area (Å²) in [5, 5.41) is 0.383. The van der Waals surface area contributed by atoms with E-state index in [1.54, 1.807) is 12.1 Å². The Morgan fingerprint density at radius 1 is 1.11 bits per heavy atom. The molecule has 0 saturated carbocycles. The fourth-order valence-electron chi connectivity index (χ4n) is 2.77. The standard InChI is InChI=1S/C14H16F2N2/c1-17-7-4-10(5-8-17)18-9-6-11-13(18)3-2-12(15)14(11)16/h2-3,6,9-10H,4-5,7-8H2,1H3. The summed E-state index contributed by atoms with van der Waals surface area (Å²) in [6, 6.07) is 4.95. The summed E-state index contributed by atoms with van der Waals surface area (Å²) in [5.74, 6) is -1.51. The molecule has 1 aliphatic heterocycles. The van der Waals surface area contributed by atoms with Crippen LogP contribution in [-0.2, 0) is 0 Å². The maximum absolute atomic E-state index is 13.6. The van der Waals surface area contributed by atoms with Gasteiger partial charge in [-0.25, -0.2) is 8.78 Å². The first-order chi connectivity index (χ1) is 8.66. The van der Waals surface area contributed by atoms with Gasteiger partial charge in [-0.1, -0.05) is 0 Å². The number of nitrogens with zero attached hydrogens (tertiary/aromatic N) is 2. The number of piperidine rings is 1. The summed E-state index contributed by atoms with van der Waals surface area (Å²) in [6.07, 6.45) is 3.99. The molecular formula is C14H16F2N2. The molecule has 3 rings (SSSR count). The number of hydrogen-bond acceptors (Lipinski definition) is 1. The van der Waals surface area contributed by atoms with Crippen LogP contribution < -0.4 is 0 Å². The highest BCUT2D eigenvalue weighted by atomic mass is 19.2. The minimum Gasteiger partial charge on any atom is -0.344 e. The van der Waals surface area contributed by atoms with Crippen molar-refractivity contribution in [3.63, 3.8) is 0 Å². The number of rotatable bonds is 1. The van der Waals surface area contributed by atoms with E-state index in [0.717, 1.165) is 31.4 Å². The van der Waals surface area contributed by atoms with Crippen LogP contribution in [0.3, 0.4) is 0 Å². The molecule has 2 nitrogen and oxygen atoms in total. The molecule has 0 atom stereocenters. The highest BCUT2D eigenvalue weighted by Gasteiger charge is 2.20. The molecule has 0 spiro atoms. The summed E-state index contributed by atoms with van der Waals surface area (Å²) >= 11 is 0. The van der Waals surface area contributed by atoms with Gasteiger partial charge in [0, 0.05) is 17.6 Å². The number of fused-ring (bicyclic) bond motifs is 1. The second-order valence-corrected chi connectivity index (χ2v) is 5.05. The lowest BCUT2D eigenvalue weighted by Crippen LogP contribution is -2.31. The van der Waals surface area contributed by atoms with Gasteiger partial charge in [0.05, 0.1) is 5.52 Å². The van der Waals surface area contributed by atoms with E-state index in [2.05, 4.69) is 16.5 Å². The minimum atomic E-state index is -0.774. The summed E-state index contributed by atoms with van der Waals surface area (Å²) < 4.78 is 28.9. The molecule has 0 aliphatic carbocycles. The van der Waals surface area contributed by atoms with Crippen LogP contribution in [0.5, 0.6) is 0 Å². The van der Waals surface area contributed by atoms with Gasteiger partial charge in [-0.3, -0.25) is 0 Å². The highest BCUT2D eigenvalue weighted by Crippen LogP contribution is 2.29.